The highest BCUT2D eigenvalue weighted by Crippen LogP contribution is 2.38. The summed E-state index contributed by atoms with van der Waals surface area (Å²) in [7, 11) is 0. The molecule has 2 rings (SSSR count). The van der Waals surface area contributed by atoms with Crippen molar-refractivity contribution in [2.24, 2.45) is 11.3 Å². The molecule has 0 aromatic heterocycles. The van der Waals surface area contributed by atoms with Gasteiger partial charge in [-0.05, 0) is 55.6 Å². The van der Waals surface area contributed by atoms with Gasteiger partial charge in [0.15, 0.2) is 0 Å². The van der Waals surface area contributed by atoms with E-state index in [1.165, 1.54) is 5.57 Å². The van der Waals surface area contributed by atoms with Crippen LogP contribution in [0.1, 0.15) is 52.4 Å². The third-order valence-corrected chi connectivity index (χ3v) is 4.92. The minimum Gasteiger partial charge on any atom is -0.310 e. The van der Waals surface area contributed by atoms with Crippen LogP contribution in [-0.2, 0) is 0 Å². The van der Waals surface area contributed by atoms with Crippen LogP contribution in [0, 0.1) is 22.7 Å². The predicted molar refractivity (Wildman–Crippen MR) is 79.7 cm³/mol. The molecular formula is C17H25FN2. The fraction of sp³-hybridized carbons (Fsp3) is 0.706. The minimum absolute atomic E-state index is 0.0925. The minimum atomic E-state index is -0.0925. The van der Waals surface area contributed by atoms with E-state index < -0.39 is 0 Å². The maximum absolute atomic E-state index is 13.3. The fourth-order valence-corrected chi connectivity index (χ4v) is 3.19. The molecule has 0 radical (unpaired) electrons. The Kier molecular flexibility index (Phi) is 4.99. The van der Waals surface area contributed by atoms with Crippen LogP contribution in [0.25, 0.3) is 0 Å². The van der Waals surface area contributed by atoms with Gasteiger partial charge in [0.2, 0.25) is 0 Å². The molecule has 0 amide bonds. The third kappa shape index (κ3) is 3.93. The number of nitriles is 1. The normalized spacial score (nSPS) is 34.1. The number of hydrogen-bond donors (Lipinski definition) is 1. The van der Waals surface area contributed by atoms with Crippen LogP contribution in [0.15, 0.2) is 23.6 Å². The Balaban J connectivity index is 1.79. The van der Waals surface area contributed by atoms with Crippen molar-refractivity contribution in [3.63, 3.8) is 0 Å². The van der Waals surface area contributed by atoms with Crippen LogP contribution in [0.2, 0.25) is 0 Å². The average Bonchev–Trinajstić information content (AvgIpc) is 2.42. The summed E-state index contributed by atoms with van der Waals surface area (Å²) in [5.74, 6) is 0.347. The first-order valence-corrected chi connectivity index (χ1v) is 7.69. The molecule has 20 heavy (non-hydrogen) atoms. The average molecular weight is 276 g/mol. The molecule has 1 unspecified atom stereocenters. The molecule has 1 fully saturated rings. The molecule has 0 bridgehead atoms. The van der Waals surface area contributed by atoms with Crippen molar-refractivity contribution < 1.29 is 4.39 Å². The van der Waals surface area contributed by atoms with Crippen molar-refractivity contribution in [3.8, 4) is 6.07 Å². The number of halogens is 1. The lowest BCUT2D eigenvalue weighted by Crippen LogP contribution is -2.38. The van der Waals surface area contributed by atoms with Gasteiger partial charge in [-0.1, -0.05) is 19.4 Å². The van der Waals surface area contributed by atoms with Crippen molar-refractivity contribution in [3.05, 3.63) is 23.6 Å². The van der Waals surface area contributed by atoms with Gasteiger partial charge in [-0.2, -0.15) is 5.26 Å². The number of nitrogens with zero attached hydrogens (tertiary/aromatic N) is 1. The topological polar surface area (TPSA) is 35.8 Å². The summed E-state index contributed by atoms with van der Waals surface area (Å²) >= 11 is 0. The Morgan fingerprint density at radius 1 is 1.45 bits per heavy atom. The van der Waals surface area contributed by atoms with Gasteiger partial charge in [-0.25, -0.2) is 4.39 Å². The summed E-state index contributed by atoms with van der Waals surface area (Å²) in [6.45, 7) is 5.17. The molecule has 0 aromatic rings. The van der Waals surface area contributed by atoms with Gasteiger partial charge in [0.05, 0.1) is 6.07 Å². The maximum Gasteiger partial charge on any atom is 0.119 e. The zero-order valence-electron chi connectivity index (χ0n) is 12.6. The first kappa shape index (κ1) is 15.3. The van der Waals surface area contributed by atoms with Crippen molar-refractivity contribution in [1.82, 2.24) is 5.32 Å². The molecule has 110 valence electrons. The van der Waals surface area contributed by atoms with E-state index in [2.05, 4.69) is 25.2 Å². The highest BCUT2D eigenvalue weighted by Gasteiger charge is 2.30. The van der Waals surface area contributed by atoms with E-state index in [0.717, 1.165) is 38.6 Å². The van der Waals surface area contributed by atoms with E-state index in [4.69, 9.17) is 5.26 Å². The molecule has 3 heteroatoms. The lowest BCUT2D eigenvalue weighted by molar-refractivity contribution is 0.190. The smallest absolute Gasteiger partial charge is 0.119 e. The van der Waals surface area contributed by atoms with Gasteiger partial charge in [0, 0.05) is 19.0 Å². The number of hydrogen-bond acceptors (Lipinski definition) is 2. The Bertz CT molecular complexity index is 436. The Morgan fingerprint density at radius 3 is 2.80 bits per heavy atom. The number of rotatable bonds is 4. The zero-order chi connectivity index (χ0) is 14.6. The summed E-state index contributed by atoms with van der Waals surface area (Å²) in [6.07, 6.45) is 9.30. The molecule has 2 aliphatic carbocycles. The van der Waals surface area contributed by atoms with Crippen LogP contribution in [0.3, 0.4) is 0 Å². The highest BCUT2D eigenvalue weighted by atomic mass is 19.1. The first-order valence-electron chi connectivity index (χ1n) is 7.69. The van der Waals surface area contributed by atoms with E-state index in [1.807, 2.05) is 0 Å². The molecule has 0 saturated heterocycles. The second-order valence-electron chi connectivity index (χ2n) is 6.75. The van der Waals surface area contributed by atoms with Crippen LogP contribution in [0.5, 0.6) is 0 Å². The third-order valence-electron chi connectivity index (χ3n) is 4.92. The standard InChI is InChI=1S/C17H25FN2/c1-13-3-4-15(18)11-14(13)12-20-16-5-7-17(2,8-6-16)9-10-19/h4,11,13,16,20H,3,5-9,12H2,1-2H3. The molecule has 2 aliphatic rings. The summed E-state index contributed by atoms with van der Waals surface area (Å²) in [6, 6.07) is 2.83. The molecule has 1 atom stereocenters. The lowest BCUT2D eigenvalue weighted by Gasteiger charge is -2.36. The maximum atomic E-state index is 13.3. The van der Waals surface area contributed by atoms with Crippen LogP contribution in [-0.4, -0.2) is 12.6 Å². The molecule has 0 spiro atoms. The summed E-state index contributed by atoms with van der Waals surface area (Å²) < 4.78 is 13.3. The highest BCUT2D eigenvalue weighted by molar-refractivity contribution is 5.26. The van der Waals surface area contributed by atoms with Gasteiger partial charge < -0.3 is 5.32 Å². The molecule has 0 aliphatic heterocycles. The largest absolute Gasteiger partial charge is 0.310 e. The van der Waals surface area contributed by atoms with E-state index in [1.54, 1.807) is 12.2 Å². The Labute approximate surface area is 121 Å². The quantitative estimate of drug-likeness (QED) is 0.833. The van der Waals surface area contributed by atoms with Crippen molar-refractivity contribution in [2.45, 2.75) is 58.4 Å². The van der Waals surface area contributed by atoms with E-state index in [9.17, 15) is 4.39 Å². The first-order chi connectivity index (χ1) is 9.52. The fourth-order valence-electron chi connectivity index (χ4n) is 3.19. The van der Waals surface area contributed by atoms with Gasteiger partial charge >= 0.3 is 0 Å². The second-order valence-corrected chi connectivity index (χ2v) is 6.75. The summed E-state index contributed by atoms with van der Waals surface area (Å²) in [5.41, 5.74) is 1.38. The van der Waals surface area contributed by atoms with Crippen molar-refractivity contribution >= 4 is 0 Å². The van der Waals surface area contributed by atoms with Crippen LogP contribution in [0.4, 0.5) is 4.39 Å². The SMILES string of the molecule is CC1CC=C(F)C=C1CNC1CCC(C)(CC#N)CC1. The Morgan fingerprint density at radius 2 is 2.15 bits per heavy atom. The molecule has 0 heterocycles. The van der Waals surface area contributed by atoms with Crippen LogP contribution < -0.4 is 5.32 Å². The van der Waals surface area contributed by atoms with Crippen LogP contribution >= 0.6 is 0 Å². The van der Waals surface area contributed by atoms with Gasteiger partial charge in [0.1, 0.15) is 5.83 Å². The second kappa shape index (κ2) is 6.54. The number of allylic oxidation sites excluding steroid dienone is 3. The Hall–Kier alpha value is -1.14. The molecule has 0 aromatic carbocycles. The molecular weight excluding hydrogens is 251 g/mol. The molecule has 2 nitrogen and oxygen atoms in total. The lowest BCUT2D eigenvalue weighted by atomic mass is 9.72. The van der Waals surface area contributed by atoms with Crippen molar-refractivity contribution in [1.29, 1.82) is 5.26 Å². The zero-order valence-corrected chi connectivity index (χ0v) is 12.6. The summed E-state index contributed by atoms with van der Waals surface area (Å²) in [4.78, 5) is 0. The predicted octanol–water partition coefficient (Wildman–Crippen LogP) is 4.26. The monoisotopic (exact) mass is 276 g/mol. The van der Waals surface area contributed by atoms with E-state index in [0.29, 0.717) is 18.4 Å². The molecule has 1 N–H and O–H groups in total. The summed E-state index contributed by atoms with van der Waals surface area (Å²) in [5, 5.41) is 12.4. The van der Waals surface area contributed by atoms with Crippen molar-refractivity contribution in [2.75, 3.05) is 6.54 Å². The van der Waals surface area contributed by atoms with E-state index in [-0.39, 0.29) is 11.2 Å². The van der Waals surface area contributed by atoms with Gasteiger partial charge in [-0.3, -0.25) is 0 Å². The van der Waals surface area contributed by atoms with E-state index >= 15 is 0 Å². The van der Waals surface area contributed by atoms with Gasteiger partial charge in [-0.15, -0.1) is 0 Å². The number of nitrogens with one attached hydrogen (secondary N) is 1. The van der Waals surface area contributed by atoms with Gasteiger partial charge in [0.25, 0.3) is 0 Å². The molecule has 1 saturated carbocycles.